The zero-order chi connectivity index (χ0) is 59.7. The number of aromatic nitrogens is 4. The molecule has 422 valence electrons. The number of hydrogen-bond donors (Lipinski definition) is 0. The van der Waals surface area contributed by atoms with Gasteiger partial charge in [0.25, 0.3) is 0 Å². The van der Waals surface area contributed by atoms with Gasteiger partial charge in [0, 0.05) is 66.0 Å². The summed E-state index contributed by atoms with van der Waals surface area (Å²) in [5.74, 6) is 0.709. The Balaban J connectivity index is 0.652. The molecule has 3 aromatic heterocycles. The molecule has 0 fully saturated rings. The fraction of sp³-hybridized carbons (Fsp3) is 0.0698. The van der Waals surface area contributed by atoms with Crippen LogP contribution in [0.15, 0.2) is 279 Å². The average Bonchev–Trinajstić information content (AvgIpc) is 1.60. The number of hydrogen-bond acceptors (Lipinski definition) is 2. The molecule has 19 rings (SSSR count). The standard InChI is InChI=1S/C86H58N4/c1-85(2)72-25-12-8-19-61(72)63-41-39-58(49-74(63)85)89-76-27-14-10-21-65(76)70-47-56(37-45-78(70)89)51-29-33-53(34-30-51)60-43-44-68-80-67(60)23-16-24-69(80)83-81(68)82(54-17-6-5-7-18-54)87-84(88-83)55-35-31-52(32-36-55)57-38-46-79-71(48-57)66-22-11-15-28-77(66)90(79)59-40-42-64-62-20-9-13-26-73(62)86(3,4)75(64)50-59/h5-50H,1-4H3. The van der Waals surface area contributed by atoms with Crippen molar-refractivity contribution in [1.29, 1.82) is 0 Å². The highest BCUT2D eigenvalue weighted by Crippen LogP contribution is 2.54. The van der Waals surface area contributed by atoms with Crippen LogP contribution in [0.2, 0.25) is 0 Å². The van der Waals surface area contributed by atoms with Gasteiger partial charge in [-0.15, -0.1) is 0 Å². The van der Waals surface area contributed by atoms with Gasteiger partial charge in [0.05, 0.1) is 33.5 Å². The molecule has 90 heavy (non-hydrogen) atoms. The molecule has 16 aromatic rings. The molecule has 0 aliphatic heterocycles. The normalized spacial score (nSPS) is 13.7. The van der Waals surface area contributed by atoms with Crippen LogP contribution in [-0.2, 0) is 10.8 Å². The maximum atomic E-state index is 5.52. The molecule has 0 saturated carbocycles. The second kappa shape index (κ2) is 18.7. The Hall–Kier alpha value is -11.2. The predicted octanol–water partition coefficient (Wildman–Crippen LogP) is 22.4. The Morgan fingerprint density at radius 1 is 0.256 bits per heavy atom. The Morgan fingerprint density at radius 2 is 0.678 bits per heavy atom. The van der Waals surface area contributed by atoms with Crippen molar-refractivity contribution in [3.8, 4) is 112 Å². The van der Waals surface area contributed by atoms with E-state index in [2.05, 4.69) is 316 Å². The average molecular weight is 1150 g/mol. The summed E-state index contributed by atoms with van der Waals surface area (Å²) in [6, 6.07) is 103. The van der Waals surface area contributed by atoms with E-state index in [9.17, 15) is 0 Å². The van der Waals surface area contributed by atoms with E-state index < -0.39 is 0 Å². The van der Waals surface area contributed by atoms with Gasteiger partial charge < -0.3 is 9.13 Å². The summed E-state index contributed by atoms with van der Waals surface area (Å²) in [4.78, 5) is 11.0. The maximum Gasteiger partial charge on any atom is 0.160 e. The van der Waals surface area contributed by atoms with Crippen LogP contribution in [0.1, 0.15) is 49.9 Å². The molecule has 0 saturated heterocycles. The zero-order valence-corrected chi connectivity index (χ0v) is 50.3. The van der Waals surface area contributed by atoms with Crippen LogP contribution in [0.3, 0.4) is 0 Å². The molecule has 0 atom stereocenters. The molecule has 0 spiro atoms. The number of rotatable bonds is 7. The van der Waals surface area contributed by atoms with Gasteiger partial charge in [-0.3, -0.25) is 0 Å². The van der Waals surface area contributed by atoms with Crippen LogP contribution in [0.4, 0.5) is 0 Å². The molecule has 4 heteroatoms. The zero-order valence-electron chi connectivity index (χ0n) is 50.3. The minimum absolute atomic E-state index is 0.0821. The third-order valence-electron chi connectivity index (χ3n) is 20.5. The smallest absolute Gasteiger partial charge is 0.160 e. The summed E-state index contributed by atoms with van der Waals surface area (Å²) in [5, 5.41) is 7.39. The fourth-order valence-corrected chi connectivity index (χ4v) is 16.1. The third kappa shape index (κ3) is 7.19. The molecular weight excluding hydrogens is 1090 g/mol. The number of para-hydroxylation sites is 2. The first-order chi connectivity index (χ1) is 44.1. The first-order valence-electron chi connectivity index (χ1n) is 31.5. The molecule has 0 N–H and O–H groups in total. The lowest BCUT2D eigenvalue weighted by Gasteiger charge is -2.22. The summed E-state index contributed by atoms with van der Waals surface area (Å²) < 4.78 is 4.90. The van der Waals surface area contributed by atoms with Gasteiger partial charge in [-0.25, -0.2) is 9.97 Å². The van der Waals surface area contributed by atoms with Crippen molar-refractivity contribution in [3.05, 3.63) is 301 Å². The molecule has 0 bridgehead atoms. The summed E-state index contributed by atoms with van der Waals surface area (Å²) in [6.45, 7) is 9.43. The monoisotopic (exact) mass is 1150 g/mol. The van der Waals surface area contributed by atoms with Gasteiger partial charge in [-0.1, -0.05) is 246 Å². The predicted molar refractivity (Wildman–Crippen MR) is 375 cm³/mol. The van der Waals surface area contributed by atoms with E-state index in [0.717, 1.165) is 39.2 Å². The first-order valence-corrected chi connectivity index (χ1v) is 31.5. The van der Waals surface area contributed by atoms with Crippen molar-refractivity contribution >= 4 is 54.4 Å². The summed E-state index contributed by atoms with van der Waals surface area (Å²) in [6.07, 6.45) is 0. The van der Waals surface area contributed by atoms with Crippen LogP contribution < -0.4 is 0 Å². The lowest BCUT2D eigenvalue weighted by molar-refractivity contribution is 0.660. The highest BCUT2D eigenvalue weighted by molar-refractivity contribution is 6.20. The second-order valence-corrected chi connectivity index (χ2v) is 26.0. The van der Waals surface area contributed by atoms with Gasteiger partial charge in [0.1, 0.15) is 0 Å². The Morgan fingerprint density at radius 3 is 1.26 bits per heavy atom. The molecule has 0 radical (unpaired) electrons. The molecule has 3 heterocycles. The molecule has 0 amide bonds. The van der Waals surface area contributed by atoms with E-state index in [1.54, 1.807) is 0 Å². The van der Waals surface area contributed by atoms with Crippen LogP contribution in [0, 0.1) is 0 Å². The lowest BCUT2D eigenvalue weighted by atomic mass is 9.82. The lowest BCUT2D eigenvalue weighted by Crippen LogP contribution is -2.15. The SMILES string of the molecule is CC1(C)c2ccccc2-c2ccc(-n3c4ccccc4c4cc(-c5ccc(-c6nc(-c7ccccc7)c7c(n6)-c6cccc8c(-c9ccc(-c%10ccc%11c(c%10)c%10ccccc%10n%11-c%10ccc%11c(c%10)C(C)(C)c%10ccccc%10-%11)cc9)ccc-7c68)cc5)ccc43)cc21. The highest BCUT2D eigenvalue weighted by Gasteiger charge is 2.37. The van der Waals surface area contributed by atoms with Crippen molar-refractivity contribution in [1.82, 2.24) is 19.1 Å². The van der Waals surface area contributed by atoms with Gasteiger partial charge in [-0.05, 0) is 155 Å². The van der Waals surface area contributed by atoms with Gasteiger partial charge >= 0.3 is 0 Å². The van der Waals surface area contributed by atoms with Crippen LogP contribution in [-0.4, -0.2) is 19.1 Å². The van der Waals surface area contributed by atoms with E-state index in [1.807, 2.05) is 0 Å². The topological polar surface area (TPSA) is 35.6 Å². The largest absolute Gasteiger partial charge is 0.309 e. The number of nitrogens with zero attached hydrogens (tertiary/aromatic N) is 4. The van der Waals surface area contributed by atoms with E-state index >= 15 is 0 Å². The molecular formula is C86H58N4. The van der Waals surface area contributed by atoms with Crippen molar-refractivity contribution in [2.45, 2.75) is 38.5 Å². The molecule has 13 aromatic carbocycles. The van der Waals surface area contributed by atoms with Crippen LogP contribution in [0.5, 0.6) is 0 Å². The van der Waals surface area contributed by atoms with E-state index in [-0.39, 0.29) is 10.8 Å². The minimum atomic E-state index is -0.0875. The minimum Gasteiger partial charge on any atom is -0.309 e. The second-order valence-electron chi connectivity index (χ2n) is 26.0. The van der Waals surface area contributed by atoms with Crippen LogP contribution in [0.25, 0.3) is 166 Å². The molecule has 4 nitrogen and oxygen atoms in total. The van der Waals surface area contributed by atoms with E-state index in [0.29, 0.717) is 5.82 Å². The van der Waals surface area contributed by atoms with Crippen LogP contribution >= 0.6 is 0 Å². The highest BCUT2D eigenvalue weighted by atomic mass is 15.0. The Bertz CT molecular complexity index is 5760. The molecule has 3 aliphatic carbocycles. The summed E-state index contributed by atoms with van der Waals surface area (Å²) in [7, 11) is 0. The summed E-state index contributed by atoms with van der Waals surface area (Å²) >= 11 is 0. The Kier molecular flexibility index (Phi) is 10.6. The van der Waals surface area contributed by atoms with E-state index in [4.69, 9.17) is 9.97 Å². The molecule has 0 unspecified atom stereocenters. The van der Waals surface area contributed by atoms with Gasteiger partial charge in [0.15, 0.2) is 5.82 Å². The van der Waals surface area contributed by atoms with Crippen molar-refractivity contribution in [3.63, 3.8) is 0 Å². The quantitative estimate of drug-likeness (QED) is 0.159. The number of fused-ring (bicyclic) bond motifs is 15. The van der Waals surface area contributed by atoms with Gasteiger partial charge in [0.2, 0.25) is 0 Å². The van der Waals surface area contributed by atoms with Crippen molar-refractivity contribution in [2.24, 2.45) is 0 Å². The maximum absolute atomic E-state index is 5.52. The first kappa shape index (κ1) is 50.9. The number of benzene rings is 13. The fourth-order valence-electron chi connectivity index (χ4n) is 16.1. The van der Waals surface area contributed by atoms with E-state index in [1.165, 1.54) is 144 Å². The van der Waals surface area contributed by atoms with Gasteiger partial charge in [-0.2, -0.15) is 0 Å². The third-order valence-corrected chi connectivity index (χ3v) is 20.5. The van der Waals surface area contributed by atoms with Crippen molar-refractivity contribution < 1.29 is 0 Å². The Labute approximate surface area is 522 Å². The molecule has 3 aliphatic rings. The van der Waals surface area contributed by atoms with Crippen molar-refractivity contribution in [2.75, 3.05) is 0 Å². The summed E-state index contributed by atoms with van der Waals surface area (Å²) in [5.41, 5.74) is 32.3.